The molecule has 0 aliphatic heterocycles. The van der Waals surface area contributed by atoms with Gasteiger partial charge in [0.1, 0.15) is 0 Å². The molecule has 0 bridgehead atoms. The Balaban J connectivity index is 1.85. The highest BCUT2D eigenvalue weighted by atomic mass is 16.5. The van der Waals surface area contributed by atoms with Crippen molar-refractivity contribution in [1.29, 1.82) is 0 Å². The van der Waals surface area contributed by atoms with E-state index in [4.69, 9.17) is 4.74 Å². The van der Waals surface area contributed by atoms with Gasteiger partial charge >= 0.3 is 0 Å². The van der Waals surface area contributed by atoms with E-state index in [1.807, 2.05) is 0 Å². The van der Waals surface area contributed by atoms with Crippen LogP contribution in [0.5, 0.6) is 0 Å². The van der Waals surface area contributed by atoms with E-state index in [9.17, 15) is 0 Å². The molecule has 0 saturated heterocycles. The van der Waals surface area contributed by atoms with Crippen molar-refractivity contribution in [3.63, 3.8) is 0 Å². The van der Waals surface area contributed by atoms with Gasteiger partial charge in [-0.2, -0.15) is 0 Å². The molecule has 1 aromatic carbocycles. The molecule has 2 nitrogen and oxygen atoms in total. The van der Waals surface area contributed by atoms with Gasteiger partial charge in [-0.3, -0.25) is 0 Å². The van der Waals surface area contributed by atoms with E-state index in [1.54, 1.807) is 7.11 Å². The van der Waals surface area contributed by atoms with Crippen molar-refractivity contribution < 1.29 is 4.74 Å². The largest absolute Gasteiger partial charge is 0.385 e. The first-order chi connectivity index (χ1) is 8.67. The van der Waals surface area contributed by atoms with Crippen molar-refractivity contribution in [2.75, 3.05) is 20.3 Å². The highest BCUT2D eigenvalue weighted by Gasteiger charge is 2.41. The molecule has 1 saturated carbocycles. The minimum atomic E-state index is 0.436. The second-order valence-corrected chi connectivity index (χ2v) is 5.70. The fourth-order valence-electron chi connectivity index (χ4n) is 2.56. The van der Waals surface area contributed by atoms with Crippen LogP contribution in [0.1, 0.15) is 43.4 Å². The Hall–Kier alpha value is -0.860. The lowest BCUT2D eigenvalue weighted by Crippen LogP contribution is -2.28. The maximum Gasteiger partial charge on any atom is 0.0468 e. The van der Waals surface area contributed by atoms with Crippen LogP contribution in [0, 0.1) is 12.3 Å². The minimum absolute atomic E-state index is 0.436. The van der Waals surface area contributed by atoms with Gasteiger partial charge in [-0.25, -0.2) is 0 Å². The van der Waals surface area contributed by atoms with E-state index in [2.05, 4.69) is 43.4 Å². The van der Waals surface area contributed by atoms with Crippen molar-refractivity contribution in [3.8, 4) is 0 Å². The first-order valence-electron chi connectivity index (χ1n) is 6.95. The summed E-state index contributed by atoms with van der Waals surface area (Å²) in [4.78, 5) is 0. The first-order valence-corrected chi connectivity index (χ1v) is 6.95. The Morgan fingerprint density at radius 2 is 2.06 bits per heavy atom. The topological polar surface area (TPSA) is 21.3 Å². The van der Waals surface area contributed by atoms with E-state index in [1.165, 1.54) is 30.4 Å². The zero-order chi connectivity index (χ0) is 13.0. The molecule has 0 radical (unpaired) electrons. The van der Waals surface area contributed by atoms with Crippen LogP contribution in [-0.4, -0.2) is 20.3 Å². The standard InChI is InChI=1S/C16H25NO/c1-13-6-4-5-7-15(13)14(2)17-12-16(8-9-16)10-11-18-3/h4-7,14,17H,8-12H2,1-3H3. The Bertz CT molecular complexity index is 384. The number of hydrogen-bond donors (Lipinski definition) is 1. The lowest BCUT2D eigenvalue weighted by atomic mass is 9.99. The molecule has 0 aromatic heterocycles. The van der Waals surface area contributed by atoms with Crippen LogP contribution in [0.3, 0.4) is 0 Å². The molecule has 1 aliphatic carbocycles. The highest BCUT2D eigenvalue weighted by molar-refractivity contribution is 5.28. The van der Waals surface area contributed by atoms with E-state index in [-0.39, 0.29) is 0 Å². The van der Waals surface area contributed by atoms with Crippen molar-refractivity contribution in [3.05, 3.63) is 35.4 Å². The molecule has 2 rings (SSSR count). The first kappa shape index (κ1) is 13.6. The van der Waals surface area contributed by atoms with Crippen LogP contribution in [0.4, 0.5) is 0 Å². The average molecular weight is 247 g/mol. The number of benzene rings is 1. The quantitative estimate of drug-likeness (QED) is 0.796. The zero-order valence-electron chi connectivity index (χ0n) is 11.8. The number of nitrogens with one attached hydrogen (secondary N) is 1. The summed E-state index contributed by atoms with van der Waals surface area (Å²) in [5.74, 6) is 0. The van der Waals surface area contributed by atoms with Crippen molar-refractivity contribution in [2.24, 2.45) is 5.41 Å². The number of rotatable bonds is 7. The van der Waals surface area contributed by atoms with Gasteiger partial charge in [-0.15, -0.1) is 0 Å². The van der Waals surface area contributed by atoms with Crippen LogP contribution >= 0.6 is 0 Å². The Labute approximate surface area is 111 Å². The second kappa shape index (κ2) is 5.85. The Morgan fingerprint density at radius 3 is 2.67 bits per heavy atom. The van der Waals surface area contributed by atoms with Crippen LogP contribution in [0.2, 0.25) is 0 Å². The van der Waals surface area contributed by atoms with Gasteiger partial charge in [0.2, 0.25) is 0 Å². The molecular formula is C16H25NO. The Morgan fingerprint density at radius 1 is 1.33 bits per heavy atom. The average Bonchev–Trinajstić information content (AvgIpc) is 3.15. The van der Waals surface area contributed by atoms with Gasteiger partial charge in [0.25, 0.3) is 0 Å². The van der Waals surface area contributed by atoms with E-state index in [0.29, 0.717) is 11.5 Å². The van der Waals surface area contributed by atoms with Crippen LogP contribution in [0.25, 0.3) is 0 Å². The lowest BCUT2D eigenvalue weighted by molar-refractivity contribution is 0.170. The number of methoxy groups -OCH3 is 1. The summed E-state index contributed by atoms with van der Waals surface area (Å²) >= 11 is 0. The maximum absolute atomic E-state index is 5.20. The molecule has 0 spiro atoms. The maximum atomic E-state index is 5.20. The summed E-state index contributed by atoms with van der Waals surface area (Å²) in [5, 5.41) is 3.70. The molecule has 1 N–H and O–H groups in total. The van der Waals surface area contributed by atoms with E-state index < -0.39 is 0 Å². The SMILES string of the molecule is COCCC1(CNC(C)c2ccccc2C)CC1. The number of ether oxygens (including phenoxy) is 1. The monoisotopic (exact) mass is 247 g/mol. The summed E-state index contributed by atoms with van der Waals surface area (Å²) in [6, 6.07) is 9.07. The van der Waals surface area contributed by atoms with Gasteiger partial charge < -0.3 is 10.1 Å². The van der Waals surface area contributed by atoms with E-state index in [0.717, 1.165) is 13.2 Å². The van der Waals surface area contributed by atoms with Crippen molar-refractivity contribution in [2.45, 2.75) is 39.2 Å². The molecule has 1 aromatic rings. The second-order valence-electron chi connectivity index (χ2n) is 5.70. The van der Waals surface area contributed by atoms with Gasteiger partial charge in [-0.1, -0.05) is 24.3 Å². The molecule has 1 fully saturated rings. The predicted molar refractivity (Wildman–Crippen MR) is 75.8 cm³/mol. The normalized spacial score (nSPS) is 18.6. The molecule has 18 heavy (non-hydrogen) atoms. The van der Waals surface area contributed by atoms with Gasteiger partial charge in [0.05, 0.1) is 0 Å². The fraction of sp³-hybridized carbons (Fsp3) is 0.625. The molecule has 0 heterocycles. The predicted octanol–water partition coefficient (Wildman–Crippen LogP) is 3.46. The molecular weight excluding hydrogens is 222 g/mol. The molecule has 1 unspecified atom stereocenters. The minimum Gasteiger partial charge on any atom is -0.385 e. The summed E-state index contributed by atoms with van der Waals surface area (Å²) in [6.45, 7) is 6.45. The van der Waals surface area contributed by atoms with Crippen LogP contribution in [0.15, 0.2) is 24.3 Å². The number of hydrogen-bond acceptors (Lipinski definition) is 2. The summed E-state index contributed by atoms with van der Waals surface area (Å²) in [5.41, 5.74) is 3.31. The van der Waals surface area contributed by atoms with Gasteiger partial charge in [0, 0.05) is 26.3 Å². The van der Waals surface area contributed by atoms with Crippen LogP contribution < -0.4 is 5.32 Å². The molecule has 100 valence electrons. The highest BCUT2D eigenvalue weighted by Crippen LogP contribution is 2.48. The van der Waals surface area contributed by atoms with Gasteiger partial charge in [0.15, 0.2) is 0 Å². The molecule has 1 aliphatic rings. The summed E-state index contributed by atoms with van der Waals surface area (Å²) < 4.78 is 5.20. The molecule has 1 atom stereocenters. The van der Waals surface area contributed by atoms with Gasteiger partial charge in [-0.05, 0) is 49.7 Å². The van der Waals surface area contributed by atoms with E-state index >= 15 is 0 Å². The Kier molecular flexibility index (Phi) is 4.41. The zero-order valence-corrected chi connectivity index (χ0v) is 11.8. The molecule has 2 heteroatoms. The third-order valence-corrected chi connectivity index (χ3v) is 4.23. The lowest BCUT2D eigenvalue weighted by Gasteiger charge is -2.21. The fourth-order valence-corrected chi connectivity index (χ4v) is 2.56. The smallest absolute Gasteiger partial charge is 0.0468 e. The van der Waals surface area contributed by atoms with Crippen LogP contribution in [-0.2, 0) is 4.74 Å². The summed E-state index contributed by atoms with van der Waals surface area (Å²) in [7, 11) is 1.79. The third-order valence-electron chi connectivity index (χ3n) is 4.23. The molecule has 0 amide bonds. The van der Waals surface area contributed by atoms with Crippen molar-refractivity contribution >= 4 is 0 Å². The number of aryl methyl sites for hydroxylation is 1. The van der Waals surface area contributed by atoms with Crippen molar-refractivity contribution in [1.82, 2.24) is 5.32 Å². The third kappa shape index (κ3) is 3.33. The summed E-state index contributed by atoms with van der Waals surface area (Å²) in [6.07, 6.45) is 3.89.